The number of H-pyrrole nitrogens is 1. The fraction of sp³-hybridized carbons (Fsp3) is 0.591. The SMILES string of the molecule is CC([C@H]1CSC(c2cc3cc(Cl)cc(NC4CCCC4)c3[nH]2)=N1)N1CCOCC1. The van der Waals surface area contributed by atoms with Gasteiger partial charge in [-0.1, -0.05) is 24.4 Å². The van der Waals surface area contributed by atoms with Crippen molar-refractivity contribution >= 4 is 45.0 Å². The standard InChI is InChI=1S/C22H29ClN4OS/c1-14(27-6-8-28-9-7-27)20-13-29-22(26-20)19-11-15-10-16(23)12-18(21(15)25-19)24-17-4-2-3-5-17/h10-12,14,17,20,24-25H,2-9,13H2,1H3/t14?,20-/m1/s1. The summed E-state index contributed by atoms with van der Waals surface area (Å²) in [5.74, 6) is 1.04. The summed E-state index contributed by atoms with van der Waals surface area (Å²) < 4.78 is 5.50. The van der Waals surface area contributed by atoms with Gasteiger partial charge in [0.1, 0.15) is 5.04 Å². The van der Waals surface area contributed by atoms with E-state index in [1.807, 2.05) is 17.8 Å². The van der Waals surface area contributed by atoms with Crippen molar-refractivity contribution in [1.82, 2.24) is 9.88 Å². The van der Waals surface area contributed by atoms with Crippen molar-refractivity contribution in [2.45, 2.75) is 50.7 Å². The lowest BCUT2D eigenvalue weighted by Crippen LogP contribution is -2.47. The molecule has 0 radical (unpaired) electrons. The van der Waals surface area contributed by atoms with Crippen LogP contribution in [0.3, 0.4) is 0 Å². The molecule has 1 aliphatic carbocycles. The van der Waals surface area contributed by atoms with Crippen LogP contribution >= 0.6 is 23.4 Å². The van der Waals surface area contributed by atoms with Crippen LogP contribution in [-0.2, 0) is 4.74 Å². The number of anilines is 1. The molecule has 1 saturated heterocycles. The van der Waals surface area contributed by atoms with Gasteiger partial charge < -0.3 is 15.0 Å². The van der Waals surface area contributed by atoms with Crippen LogP contribution in [0.2, 0.25) is 5.02 Å². The van der Waals surface area contributed by atoms with Crippen LogP contribution in [0.25, 0.3) is 10.9 Å². The number of benzene rings is 1. The molecular formula is C22H29ClN4OS. The second-order valence-electron chi connectivity index (χ2n) is 8.43. The van der Waals surface area contributed by atoms with Crippen molar-refractivity contribution in [3.63, 3.8) is 0 Å². The molecular weight excluding hydrogens is 404 g/mol. The summed E-state index contributed by atoms with van der Waals surface area (Å²) in [6.45, 7) is 5.99. The van der Waals surface area contributed by atoms with E-state index < -0.39 is 0 Å². The number of hydrogen-bond donors (Lipinski definition) is 2. The van der Waals surface area contributed by atoms with E-state index in [1.165, 1.54) is 25.7 Å². The number of aromatic nitrogens is 1. The van der Waals surface area contributed by atoms with E-state index in [9.17, 15) is 0 Å². The van der Waals surface area contributed by atoms with Gasteiger partial charge in [-0.25, -0.2) is 0 Å². The Morgan fingerprint density at radius 1 is 1.24 bits per heavy atom. The van der Waals surface area contributed by atoms with Crippen LogP contribution in [0.15, 0.2) is 23.2 Å². The highest BCUT2D eigenvalue weighted by Gasteiger charge is 2.30. The Balaban J connectivity index is 1.38. The average molecular weight is 433 g/mol. The lowest BCUT2D eigenvalue weighted by atomic mass is 10.1. The molecule has 2 atom stereocenters. The maximum Gasteiger partial charge on any atom is 0.114 e. The molecule has 0 bridgehead atoms. The van der Waals surface area contributed by atoms with E-state index in [1.54, 1.807) is 0 Å². The van der Waals surface area contributed by atoms with Crippen molar-refractivity contribution in [1.29, 1.82) is 0 Å². The molecule has 5 nitrogen and oxygen atoms in total. The Morgan fingerprint density at radius 3 is 2.83 bits per heavy atom. The summed E-state index contributed by atoms with van der Waals surface area (Å²) in [7, 11) is 0. The third-order valence-corrected chi connectivity index (χ3v) is 7.82. The van der Waals surface area contributed by atoms with Crippen LogP contribution in [0.1, 0.15) is 38.3 Å². The van der Waals surface area contributed by atoms with Crippen LogP contribution in [0.4, 0.5) is 5.69 Å². The van der Waals surface area contributed by atoms with Gasteiger partial charge in [0.25, 0.3) is 0 Å². The minimum absolute atomic E-state index is 0.333. The molecule has 0 amide bonds. The van der Waals surface area contributed by atoms with Gasteiger partial charge in [-0.15, -0.1) is 11.8 Å². The van der Waals surface area contributed by atoms with E-state index in [0.29, 0.717) is 18.1 Å². The monoisotopic (exact) mass is 432 g/mol. The summed E-state index contributed by atoms with van der Waals surface area (Å²) >= 11 is 8.29. The zero-order valence-electron chi connectivity index (χ0n) is 16.9. The Hall–Kier alpha value is -1.21. The van der Waals surface area contributed by atoms with Crippen molar-refractivity contribution in [3.05, 3.63) is 28.9 Å². The number of aliphatic imine (C=N–C) groups is 1. The molecule has 2 fully saturated rings. The highest BCUT2D eigenvalue weighted by molar-refractivity contribution is 8.14. The molecule has 156 valence electrons. The second-order valence-corrected chi connectivity index (χ2v) is 9.87. The minimum Gasteiger partial charge on any atom is -0.381 e. The smallest absolute Gasteiger partial charge is 0.114 e. The van der Waals surface area contributed by atoms with Gasteiger partial charge >= 0.3 is 0 Å². The summed E-state index contributed by atoms with van der Waals surface area (Å²) in [5, 5.41) is 6.77. The lowest BCUT2D eigenvalue weighted by molar-refractivity contribution is 0.0169. The van der Waals surface area contributed by atoms with Gasteiger partial charge in [-0.3, -0.25) is 9.89 Å². The summed E-state index contributed by atoms with van der Waals surface area (Å²) in [4.78, 5) is 11.2. The van der Waals surface area contributed by atoms with Gasteiger partial charge in [0.15, 0.2) is 0 Å². The predicted octanol–water partition coefficient (Wildman–Crippen LogP) is 4.76. The summed E-state index contributed by atoms with van der Waals surface area (Å²) in [6, 6.07) is 7.64. The number of nitrogens with zero attached hydrogens (tertiary/aromatic N) is 2. The minimum atomic E-state index is 0.333. The Kier molecular flexibility index (Phi) is 5.78. The van der Waals surface area contributed by atoms with E-state index in [-0.39, 0.29) is 0 Å². The average Bonchev–Trinajstić information content (AvgIpc) is 3.48. The first-order valence-electron chi connectivity index (χ1n) is 10.8. The van der Waals surface area contributed by atoms with Crippen LogP contribution in [0, 0.1) is 0 Å². The zero-order chi connectivity index (χ0) is 19.8. The predicted molar refractivity (Wildman–Crippen MR) is 124 cm³/mol. The number of fused-ring (bicyclic) bond motifs is 1. The van der Waals surface area contributed by atoms with E-state index in [2.05, 4.69) is 34.3 Å². The molecule has 5 rings (SSSR count). The molecule has 1 unspecified atom stereocenters. The normalized spacial score (nSPS) is 24.9. The number of morpholine rings is 1. The van der Waals surface area contributed by atoms with Crippen LogP contribution < -0.4 is 5.32 Å². The van der Waals surface area contributed by atoms with Gasteiger partial charge in [0, 0.05) is 41.3 Å². The maximum absolute atomic E-state index is 6.42. The summed E-state index contributed by atoms with van der Waals surface area (Å²) in [5.41, 5.74) is 3.37. The van der Waals surface area contributed by atoms with Crippen molar-refractivity contribution in [2.24, 2.45) is 4.99 Å². The lowest BCUT2D eigenvalue weighted by Gasteiger charge is -2.34. The van der Waals surface area contributed by atoms with Crippen LogP contribution in [-0.4, -0.2) is 65.1 Å². The highest BCUT2D eigenvalue weighted by atomic mass is 35.5. The second kappa shape index (κ2) is 8.50. The summed E-state index contributed by atoms with van der Waals surface area (Å²) in [6.07, 6.45) is 5.11. The number of ether oxygens (including phenoxy) is 1. The number of thioether (sulfide) groups is 1. The van der Waals surface area contributed by atoms with Crippen LogP contribution in [0.5, 0.6) is 0 Å². The topological polar surface area (TPSA) is 52.7 Å². The van der Waals surface area contributed by atoms with E-state index >= 15 is 0 Å². The molecule has 3 aliphatic rings. The number of nitrogens with one attached hydrogen (secondary N) is 2. The Labute approximate surface area is 181 Å². The molecule has 2 N–H and O–H groups in total. The third kappa shape index (κ3) is 4.18. The molecule has 2 aromatic rings. The number of halogens is 1. The first-order valence-corrected chi connectivity index (χ1v) is 12.2. The zero-order valence-corrected chi connectivity index (χ0v) is 18.5. The van der Waals surface area contributed by atoms with Crippen molar-refractivity contribution < 1.29 is 4.74 Å². The molecule has 29 heavy (non-hydrogen) atoms. The number of rotatable bonds is 5. The number of aromatic amines is 1. The quantitative estimate of drug-likeness (QED) is 0.715. The highest BCUT2D eigenvalue weighted by Crippen LogP contribution is 2.34. The molecule has 3 heterocycles. The van der Waals surface area contributed by atoms with Gasteiger partial charge in [0.05, 0.1) is 36.2 Å². The first-order chi connectivity index (χ1) is 14.2. The molecule has 7 heteroatoms. The van der Waals surface area contributed by atoms with Crippen molar-refractivity contribution in [2.75, 3.05) is 37.4 Å². The number of hydrogen-bond acceptors (Lipinski definition) is 5. The maximum atomic E-state index is 6.42. The molecule has 1 aromatic carbocycles. The largest absolute Gasteiger partial charge is 0.381 e. The molecule has 2 aliphatic heterocycles. The first kappa shape index (κ1) is 19.7. The fourth-order valence-electron chi connectivity index (χ4n) is 4.74. The fourth-order valence-corrected chi connectivity index (χ4v) is 6.12. The van der Waals surface area contributed by atoms with Crippen molar-refractivity contribution in [3.8, 4) is 0 Å². The van der Waals surface area contributed by atoms with Gasteiger partial charge in [-0.05, 0) is 38.0 Å². The third-order valence-electron chi connectivity index (χ3n) is 6.49. The van der Waals surface area contributed by atoms with E-state index in [4.69, 9.17) is 21.3 Å². The Morgan fingerprint density at radius 2 is 2.03 bits per heavy atom. The van der Waals surface area contributed by atoms with Gasteiger partial charge in [-0.2, -0.15) is 0 Å². The Bertz CT molecular complexity index is 902. The van der Waals surface area contributed by atoms with E-state index in [0.717, 1.165) is 64.4 Å². The van der Waals surface area contributed by atoms with Gasteiger partial charge in [0.2, 0.25) is 0 Å². The molecule has 0 spiro atoms. The molecule has 1 aromatic heterocycles. The molecule has 1 saturated carbocycles.